The van der Waals surface area contributed by atoms with Crippen molar-refractivity contribution >= 4 is 5.69 Å². The van der Waals surface area contributed by atoms with Crippen LogP contribution < -0.4 is 5.73 Å². The molecule has 21 heavy (non-hydrogen) atoms. The number of hydrogen-bond donors (Lipinski definition) is 1. The maximum Gasteiger partial charge on any atom is 0.189 e. The molecule has 0 unspecified atom stereocenters. The topological polar surface area (TPSA) is 69.6 Å². The Hall–Kier alpha value is -2.69. The second-order valence-corrected chi connectivity index (χ2v) is 4.98. The van der Waals surface area contributed by atoms with Crippen LogP contribution in [-0.4, -0.2) is 20.2 Å². The number of aromatic nitrogens is 4. The Morgan fingerprint density at radius 1 is 1.14 bits per heavy atom. The van der Waals surface area contributed by atoms with Crippen molar-refractivity contribution in [3.63, 3.8) is 0 Å². The zero-order valence-electron chi connectivity index (χ0n) is 12.1. The Morgan fingerprint density at radius 3 is 2.71 bits per heavy atom. The van der Waals surface area contributed by atoms with Gasteiger partial charge >= 0.3 is 0 Å². The molecule has 0 bridgehead atoms. The van der Waals surface area contributed by atoms with Gasteiger partial charge in [0.05, 0.1) is 5.69 Å². The number of tetrazole rings is 1. The molecule has 106 valence electrons. The van der Waals surface area contributed by atoms with E-state index in [4.69, 9.17) is 5.73 Å². The molecule has 1 heterocycles. The zero-order valence-corrected chi connectivity index (χ0v) is 12.1. The first-order chi connectivity index (χ1) is 10.2. The van der Waals surface area contributed by atoms with Gasteiger partial charge in [0, 0.05) is 11.3 Å². The first-order valence-corrected chi connectivity index (χ1v) is 6.94. The number of rotatable bonds is 3. The van der Waals surface area contributed by atoms with Crippen molar-refractivity contribution in [2.45, 2.75) is 20.3 Å². The third-order valence-corrected chi connectivity index (χ3v) is 3.56. The van der Waals surface area contributed by atoms with Crippen LogP contribution in [0.2, 0.25) is 0 Å². The summed E-state index contributed by atoms with van der Waals surface area (Å²) in [5.74, 6) is 0.666. The molecule has 0 fully saturated rings. The second-order valence-electron chi connectivity index (χ2n) is 4.98. The molecular formula is C16H17N5. The van der Waals surface area contributed by atoms with E-state index in [2.05, 4.69) is 34.6 Å². The van der Waals surface area contributed by atoms with Crippen LogP contribution in [0.25, 0.3) is 17.1 Å². The molecule has 0 aliphatic carbocycles. The van der Waals surface area contributed by atoms with Gasteiger partial charge in [-0.2, -0.15) is 4.68 Å². The van der Waals surface area contributed by atoms with E-state index in [1.807, 2.05) is 37.3 Å². The lowest BCUT2D eigenvalue weighted by molar-refractivity contribution is 0.790. The summed E-state index contributed by atoms with van der Waals surface area (Å²) in [7, 11) is 0. The number of nitrogens with two attached hydrogens (primary N) is 1. The van der Waals surface area contributed by atoms with Crippen molar-refractivity contribution < 1.29 is 0 Å². The van der Waals surface area contributed by atoms with Crippen molar-refractivity contribution in [1.29, 1.82) is 0 Å². The molecule has 3 aromatic rings. The minimum atomic E-state index is 0.666. The summed E-state index contributed by atoms with van der Waals surface area (Å²) < 4.78 is 1.73. The van der Waals surface area contributed by atoms with Crippen LogP contribution in [0.15, 0.2) is 42.5 Å². The molecule has 2 N–H and O–H groups in total. The number of anilines is 1. The second kappa shape index (κ2) is 5.36. The summed E-state index contributed by atoms with van der Waals surface area (Å²) in [6, 6.07) is 14.0. The molecular weight excluding hydrogens is 262 g/mol. The molecule has 0 saturated carbocycles. The van der Waals surface area contributed by atoms with Crippen LogP contribution in [0, 0.1) is 6.92 Å². The van der Waals surface area contributed by atoms with Gasteiger partial charge in [-0.15, -0.1) is 5.10 Å². The van der Waals surface area contributed by atoms with Crippen molar-refractivity contribution in [3.8, 4) is 17.1 Å². The smallest absolute Gasteiger partial charge is 0.189 e. The van der Waals surface area contributed by atoms with Crippen molar-refractivity contribution in [1.82, 2.24) is 20.2 Å². The average molecular weight is 279 g/mol. The molecule has 0 saturated heterocycles. The van der Waals surface area contributed by atoms with Gasteiger partial charge in [-0.05, 0) is 53.1 Å². The highest BCUT2D eigenvalue weighted by molar-refractivity contribution is 5.75. The average Bonchev–Trinajstić information content (AvgIpc) is 2.96. The monoisotopic (exact) mass is 279 g/mol. The van der Waals surface area contributed by atoms with E-state index in [1.54, 1.807) is 4.68 Å². The van der Waals surface area contributed by atoms with Gasteiger partial charge in [-0.1, -0.05) is 31.2 Å². The lowest BCUT2D eigenvalue weighted by Gasteiger charge is -2.10. The van der Waals surface area contributed by atoms with Crippen LogP contribution in [0.1, 0.15) is 18.1 Å². The van der Waals surface area contributed by atoms with Crippen molar-refractivity contribution in [3.05, 3.63) is 53.6 Å². The third-order valence-electron chi connectivity index (χ3n) is 3.56. The number of nitrogens with zero attached hydrogens (tertiary/aromatic N) is 4. The number of benzene rings is 2. The molecule has 0 amide bonds. The lowest BCUT2D eigenvalue weighted by Crippen LogP contribution is -2.03. The van der Waals surface area contributed by atoms with E-state index in [9.17, 15) is 0 Å². The van der Waals surface area contributed by atoms with E-state index < -0.39 is 0 Å². The molecule has 2 aromatic carbocycles. The fraction of sp³-hybridized carbons (Fsp3) is 0.188. The van der Waals surface area contributed by atoms with E-state index in [0.717, 1.165) is 23.2 Å². The van der Waals surface area contributed by atoms with Crippen molar-refractivity contribution in [2.24, 2.45) is 0 Å². The van der Waals surface area contributed by atoms with Gasteiger partial charge < -0.3 is 5.73 Å². The lowest BCUT2D eigenvalue weighted by atomic mass is 10.1. The first-order valence-electron chi connectivity index (χ1n) is 6.94. The summed E-state index contributed by atoms with van der Waals surface area (Å²) in [5.41, 5.74) is 10.9. The van der Waals surface area contributed by atoms with E-state index in [-0.39, 0.29) is 0 Å². The zero-order chi connectivity index (χ0) is 14.8. The molecule has 0 radical (unpaired) electrons. The summed E-state index contributed by atoms with van der Waals surface area (Å²) in [6.45, 7) is 4.13. The summed E-state index contributed by atoms with van der Waals surface area (Å²) in [4.78, 5) is 0. The summed E-state index contributed by atoms with van der Waals surface area (Å²) in [6.07, 6.45) is 0.970. The van der Waals surface area contributed by atoms with Crippen LogP contribution in [0.4, 0.5) is 5.69 Å². The Morgan fingerprint density at radius 2 is 1.95 bits per heavy atom. The van der Waals surface area contributed by atoms with Gasteiger partial charge in [0.15, 0.2) is 5.82 Å². The van der Waals surface area contributed by atoms with Gasteiger partial charge in [0.1, 0.15) is 0 Å². The van der Waals surface area contributed by atoms with Crippen LogP contribution in [-0.2, 0) is 6.42 Å². The van der Waals surface area contributed by atoms with Gasteiger partial charge in [0.25, 0.3) is 0 Å². The van der Waals surface area contributed by atoms with Gasteiger partial charge in [0.2, 0.25) is 0 Å². The highest BCUT2D eigenvalue weighted by Gasteiger charge is 2.15. The SMILES string of the molecule is CCc1cccc(-n2nnnc2-c2c(C)cccc2N)c1. The third kappa shape index (κ3) is 2.38. The minimum Gasteiger partial charge on any atom is -0.398 e. The molecule has 0 atom stereocenters. The van der Waals surface area contributed by atoms with Crippen LogP contribution >= 0.6 is 0 Å². The van der Waals surface area contributed by atoms with Crippen LogP contribution in [0.3, 0.4) is 0 Å². The normalized spacial score (nSPS) is 10.8. The summed E-state index contributed by atoms with van der Waals surface area (Å²) in [5, 5.41) is 12.1. The summed E-state index contributed by atoms with van der Waals surface area (Å²) >= 11 is 0. The highest BCUT2D eigenvalue weighted by atomic mass is 15.5. The fourth-order valence-corrected chi connectivity index (χ4v) is 2.42. The molecule has 0 aliphatic heterocycles. The maximum atomic E-state index is 6.11. The van der Waals surface area contributed by atoms with E-state index in [0.29, 0.717) is 11.5 Å². The Kier molecular flexibility index (Phi) is 3.39. The van der Waals surface area contributed by atoms with Gasteiger partial charge in [-0.25, -0.2) is 0 Å². The molecule has 0 aliphatic rings. The Balaban J connectivity index is 2.17. The fourth-order valence-electron chi connectivity index (χ4n) is 2.42. The highest BCUT2D eigenvalue weighted by Crippen LogP contribution is 2.28. The molecule has 5 heteroatoms. The minimum absolute atomic E-state index is 0.666. The van der Waals surface area contributed by atoms with Crippen molar-refractivity contribution in [2.75, 3.05) is 5.73 Å². The quantitative estimate of drug-likeness (QED) is 0.748. The predicted molar refractivity (Wildman–Crippen MR) is 83.1 cm³/mol. The Bertz CT molecular complexity index is 756. The number of hydrogen-bond acceptors (Lipinski definition) is 4. The number of nitrogen functional groups attached to an aromatic ring is 1. The molecule has 5 nitrogen and oxygen atoms in total. The Labute approximate surface area is 123 Å². The van der Waals surface area contributed by atoms with Gasteiger partial charge in [-0.3, -0.25) is 0 Å². The molecule has 0 spiro atoms. The molecule has 3 rings (SSSR count). The molecule has 1 aromatic heterocycles. The largest absolute Gasteiger partial charge is 0.398 e. The number of aryl methyl sites for hydroxylation is 2. The predicted octanol–water partition coefficient (Wildman–Crippen LogP) is 2.78. The first kappa shape index (κ1) is 13.3. The standard InChI is InChI=1S/C16H17N5/c1-3-12-7-5-8-13(10-12)21-16(18-19-20-21)15-11(2)6-4-9-14(15)17/h4-10H,3,17H2,1-2H3. The van der Waals surface area contributed by atoms with Crippen LogP contribution in [0.5, 0.6) is 0 Å². The maximum absolute atomic E-state index is 6.11. The van der Waals surface area contributed by atoms with E-state index >= 15 is 0 Å². The van der Waals surface area contributed by atoms with E-state index in [1.165, 1.54) is 5.56 Å².